The molecule has 0 fully saturated rings. The third-order valence-electron chi connectivity index (χ3n) is 11.8. The van der Waals surface area contributed by atoms with Gasteiger partial charge in [0.15, 0.2) is 0 Å². The molecule has 0 unspecified atom stereocenters. The molecule has 0 heterocycles. The Kier molecular flexibility index (Phi) is 6.08. The number of para-hydroxylation sites is 1. The molecule has 9 aromatic carbocycles. The molecular formula is C51H35N. The molecule has 0 N–H and O–H groups in total. The Morgan fingerprint density at radius 2 is 0.904 bits per heavy atom. The quantitative estimate of drug-likeness (QED) is 0.170. The summed E-state index contributed by atoms with van der Waals surface area (Å²) in [4.78, 5) is 2.50. The second-order valence-electron chi connectivity index (χ2n) is 14.5. The van der Waals surface area contributed by atoms with Crippen LogP contribution in [-0.2, 0) is 5.41 Å². The third-order valence-corrected chi connectivity index (χ3v) is 11.8. The van der Waals surface area contributed by atoms with Crippen molar-refractivity contribution in [2.75, 3.05) is 4.90 Å². The lowest BCUT2D eigenvalue weighted by Gasteiger charge is -2.34. The predicted octanol–water partition coefficient (Wildman–Crippen LogP) is 13.6. The first kappa shape index (κ1) is 29.3. The van der Waals surface area contributed by atoms with Crippen molar-refractivity contribution in [1.29, 1.82) is 0 Å². The summed E-state index contributed by atoms with van der Waals surface area (Å²) >= 11 is 0. The molecule has 0 atom stereocenters. The number of fused-ring (bicyclic) bond motifs is 17. The van der Waals surface area contributed by atoms with Crippen LogP contribution in [0.15, 0.2) is 176 Å². The zero-order valence-corrected chi connectivity index (χ0v) is 29.2. The molecule has 0 aromatic heterocycles. The van der Waals surface area contributed by atoms with Gasteiger partial charge in [0, 0.05) is 16.8 Å². The van der Waals surface area contributed by atoms with Crippen LogP contribution >= 0.6 is 0 Å². The third kappa shape index (κ3) is 3.72. The first-order valence-electron chi connectivity index (χ1n) is 18.3. The molecule has 0 saturated heterocycles. The highest BCUT2D eigenvalue weighted by molar-refractivity contribution is 6.24. The zero-order chi connectivity index (χ0) is 34.6. The molecule has 244 valence electrons. The van der Waals surface area contributed by atoms with E-state index in [2.05, 4.69) is 195 Å². The second kappa shape index (κ2) is 10.8. The van der Waals surface area contributed by atoms with Gasteiger partial charge in [0.05, 0.1) is 11.1 Å². The highest BCUT2D eigenvalue weighted by atomic mass is 15.1. The lowest BCUT2D eigenvalue weighted by Crippen LogP contribution is -2.26. The van der Waals surface area contributed by atoms with Gasteiger partial charge < -0.3 is 4.90 Å². The molecule has 11 rings (SSSR count). The lowest BCUT2D eigenvalue weighted by molar-refractivity contribution is 0.802. The average molecular weight is 662 g/mol. The van der Waals surface area contributed by atoms with Gasteiger partial charge >= 0.3 is 0 Å². The van der Waals surface area contributed by atoms with E-state index in [4.69, 9.17) is 0 Å². The van der Waals surface area contributed by atoms with Gasteiger partial charge in [-0.2, -0.15) is 0 Å². The maximum Gasteiger partial charge on any atom is 0.0732 e. The van der Waals surface area contributed by atoms with E-state index in [0.29, 0.717) is 0 Å². The number of nitrogens with zero attached hydrogens (tertiary/aromatic N) is 1. The Morgan fingerprint density at radius 3 is 1.56 bits per heavy atom. The lowest BCUT2D eigenvalue weighted by atomic mass is 9.69. The molecule has 1 heteroatoms. The van der Waals surface area contributed by atoms with Crippen molar-refractivity contribution in [1.82, 2.24) is 0 Å². The van der Waals surface area contributed by atoms with Gasteiger partial charge in [-0.05, 0) is 115 Å². The molecule has 9 aromatic rings. The van der Waals surface area contributed by atoms with Crippen molar-refractivity contribution < 1.29 is 0 Å². The van der Waals surface area contributed by atoms with E-state index in [1.54, 1.807) is 0 Å². The summed E-state index contributed by atoms with van der Waals surface area (Å²) < 4.78 is 0. The maximum absolute atomic E-state index is 2.56. The Hall–Kier alpha value is -6.44. The second-order valence-corrected chi connectivity index (χ2v) is 14.5. The molecule has 1 nitrogen and oxygen atoms in total. The first-order chi connectivity index (χ1) is 25.7. The Bertz CT molecular complexity index is 2890. The van der Waals surface area contributed by atoms with Crippen LogP contribution in [0, 0.1) is 13.8 Å². The molecule has 2 aliphatic rings. The standard InChI is InChI=1S/C51H35N/c1-32-28-29-46(33(2)30-32)52(34-16-4-3-5-17-34)47-31-45-48(41-24-10-8-22-39(41)47)49-40-23-9-6-18-35(40)36-19-7-11-25-42(36)50(49)51(45)43-26-14-12-20-37(43)38-21-13-15-27-44(38)51/h3-31H,1-2H3. The van der Waals surface area contributed by atoms with Crippen LogP contribution in [-0.4, -0.2) is 0 Å². The molecule has 52 heavy (non-hydrogen) atoms. The molecule has 2 aliphatic carbocycles. The van der Waals surface area contributed by atoms with Crippen LogP contribution in [0.1, 0.15) is 33.4 Å². The van der Waals surface area contributed by atoms with E-state index in [1.807, 2.05) is 0 Å². The molecule has 0 bridgehead atoms. The van der Waals surface area contributed by atoms with Crippen molar-refractivity contribution in [2.24, 2.45) is 0 Å². The summed E-state index contributed by atoms with van der Waals surface area (Å²) in [7, 11) is 0. The average Bonchev–Trinajstić information content (AvgIpc) is 3.67. The maximum atomic E-state index is 2.56. The molecule has 0 amide bonds. The van der Waals surface area contributed by atoms with Crippen molar-refractivity contribution in [2.45, 2.75) is 19.3 Å². The molecule has 0 saturated carbocycles. The zero-order valence-electron chi connectivity index (χ0n) is 29.2. The summed E-state index contributed by atoms with van der Waals surface area (Å²) in [6.07, 6.45) is 0. The van der Waals surface area contributed by atoms with E-state index in [-0.39, 0.29) is 0 Å². The van der Waals surface area contributed by atoms with Crippen molar-refractivity contribution in [3.05, 3.63) is 209 Å². The van der Waals surface area contributed by atoms with Crippen LogP contribution in [0.4, 0.5) is 17.1 Å². The predicted molar refractivity (Wildman–Crippen MR) is 219 cm³/mol. The Morgan fingerprint density at radius 1 is 0.385 bits per heavy atom. The van der Waals surface area contributed by atoms with Gasteiger partial charge in [0.2, 0.25) is 0 Å². The molecule has 1 spiro atoms. The van der Waals surface area contributed by atoms with Crippen LogP contribution in [0.2, 0.25) is 0 Å². The van der Waals surface area contributed by atoms with Gasteiger partial charge in [-0.15, -0.1) is 0 Å². The minimum absolute atomic E-state index is 0.523. The number of aryl methyl sites for hydroxylation is 2. The first-order valence-corrected chi connectivity index (χ1v) is 18.3. The van der Waals surface area contributed by atoms with Crippen LogP contribution < -0.4 is 4.90 Å². The van der Waals surface area contributed by atoms with Crippen molar-refractivity contribution in [3.8, 4) is 22.3 Å². The van der Waals surface area contributed by atoms with Crippen molar-refractivity contribution in [3.63, 3.8) is 0 Å². The SMILES string of the molecule is Cc1ccc(N(c2ccccc2)c2cc3c(c4ccccc24)-c2c(c4ccccc4c4ccccc24)C32c3ccccc3-c3ccccc32)c(C)c1. The highest BCUT2D eigenvalue weighted by Crippen LogP contribution is 2.67. The molecular weight excluding hydrogens is 627 g/mol. The smallest absolute Gasteiger partial charge is 0.0732 e. The molecule has 0 aliphatic heterocycles. The number of hydrogen-bond acceptors (Lipinski definition) is 1. The summed E-state index contributed by atoms with van der Waals surface area (Å²) in [6, 6.07) is 65.9. The van der Waals surface area contributed by atoms with Crippen LogP contribution in [0.3, 0.4) is 0 Å². The fraction of sp³-hybridized carbons (Fsp3) is 0.0588. The van der Waals surface area contributed by atoms with E-state index < -0.39 is 5.41 Å². The summed E-state index contributed by atoms with van der Waals surface area (Å²) in [5, 5.41) is 7.75. The van der Waals surface area contributed by atoms with Crippen LogP contribution in [0.5, 0.6) is 0 Å². The summed E-state index contributed by atoms with van der Waals surface area (Å²) in [5.41, 5.74) is 16.3. The monoisotopic (exact) mass is 661 g/mol. The van der Waals surface area contributed by atoms with Gasteiger partial charge in [0.25, 0.3) is 0 Å². The number of benzene rings is 9. The highest BCUT2D eigenvalue weighted by Gasteiger charge is 2.53. The Labute approximate surface area is 304 Å². The normalized spacial score (nSPS) is 13.3. The van der Waals surface area contributed by atoms with E-state index in [1.165, 1.54) is 99.3 Å². The largest absolute Gasteiger partial charge is 0.310 e. The van der Waals surface area contributed by atoms with Crippen LogP contribution in [0.25, 0.3) is 54.6 Å². The Balaban J connectivity index is 1.39. The topological polar surface area (TPSA) is 3.24 Å². The number of hydrogen-bond donors (Lipinski definition) is 0. The fourth-order valence-electron chi connectivity index (χ4n) is 9.87. The molecule has 0 radical (unpaired) electrons. The number of rotatable bonds is 3. The van der Waals surface area contributed by atoms with E-state index >= 15 is 0 Å². The van der Waals surface area contributed by atoms with Gasteiger partial charge in [0.1, 0.15) is 0 Å². The van der Waals surface area contributed by atoms with E-state index in [0.717, 1.165) is 5.69 Å². The fourth-order valence-corrected chi connectivity index (χ4v) is 9.87. The van der Waals surface area contributed by atoms with Crippen molar-refractivity contribution >= 4 is 49.4 Å². The summed E-state index contributed by atoms with van der Waals surface area (Å²) in [5.74, 6) is 0. The van der Waals surface area contributed by atoms with Gasteiger partial charge in [-0.1, -0.05) is 157 Å². The number of anilines is 3. The minimum atomic E-state index is -0.523. The van der Waals surface area contributed by atoms with Gasteiger partial charge in [-0.25, -0.2) is 0 Å². The van der Waals surface area contributed by atoms with E-state index in [9.17, 15) is 0 Å². The van der Waals surface area contributed by atoms with Gasteiger partial charge in [-0.3, -0.25) is 0 Å². The summed E-state index contributed by atoms with van der Waals surface area (Å²) in [6.45, 7) is 4.42. The minimum Gasteiger partial charge on any atom is -0.310 e.